The molecule has 3 rings (SSSR count). The SMILES string of the molecule is O=C1CC(=O)C12CCC(OCc1ccccc1)CC2. The van der Waals surface area contributed by atoms with Crippen LogP contribution in [0.4, 0.5) is 0 Å². The van der Waals surface area contributed by atoms with Crippen molar-refractivity contribution in [1.82, 2.24) is 0 Å². The highest BCUT2D eigenvalue weighted by Gasteiger charge is 2.55. The first kappa shape index (κ1) is 12.5. The molecule has 100 valence electrons. The molecule has 0 unspecified atom stereocenters. The molecule has 0 amide bonds. The van der Waals surface area contributed by atoms with E-state index in [0.29, 0.717) is 19.4 Å². The largest absolute Gasteiger partial charge is 0.374 e. The van der Waals surface area contributed by atoms with Crippen LogP contribution in [0.2, 0.25) is 0 Å². The van der Waals surface area contributed by atoms with E-state index in [1.54, 1.807) is 0 Å². The molecule has 0 aliphatic heterocycles. The smallest absolute Gasteiger partial charge is 0.153 e. The lowest BCUT2D eigenvalue weighted by Crippen LogP contribution is -2.53. The van der Waals surface area contributed by atoms with E-state index in [-0.39, 0.29) is 24.1 Å². The summed E-state index contributed by atoms with van der Waals surface area (Å²) in [7, 11) is 0. The molecule has 0 bridgehead atoms. The summed E-state index contributed by atoms with van der Waals surface area (Å²) in [5.41, 5.74) is 0.561. The second-order valence-electron chi connectivity index (χ2n) is 5.60. The molecule has 0 N–H and O–H groups in total. The van der Waals surface area contributed by atoms with Crippen LogP contribution < -0.4 is 0 Å². The summed E-state index contributed by atoms with van der Waals surface area (Å²) in [6, 6.07) is 10.1. The van der Waals surface area contributed by atoms with Crippen molar-refractivity contribution in [2.75, 3.05) is 0 Å². The van der Waals surface area contributed by atoms with Crippen LogP contribution >= 0.6 is 0 Å². The van der Waals surface area contributed by atoms with Crippen molar-refractivity contribution in [3.8, 4) is 0 Å². The first-order chi connectivity index (χ1) is 9.21. The second kappa shape index (κ2) is 4.89. The summed E-state index contributed by atoms with van der Waals surface area (Å²) < 4.78 is 5.88. The van der Waals surface area contributed by atoms with Gasteiger partial charge in [0.1, 0.15) is 0 Å². The molecular formula is C16H18O3. The van der Waals surface area contributed by atoms with Crippen LogP contribution in [0.25, 0.3) is 0 Å². The molecule has 2 aliphatic rings. The molecule has 0 heterocycles. The maximum absolute atomic E-state index is 11.6. The normalized spacial score (nSPS) is 22.5. The summed E-state index contributed by atoms with van der Waals surface area (Å²) in [6.07, 6.45) is 3.37. The molecular weight excluding hydrogens is 240 g/mol. The number of hydrogen-bond donors (Lipinski definition) is 0. The molecule has 3 heteroatoms. The minimum Gasteiger partial charge on any atom is -0.374 e. The second-order valence-corrected chi connectivity index (χ2v) is 5.60. The van der Waals surface area contributed by atoms with Gasteiger partial charge in [0.2, 0.25) is 0 Å². The van der Waals surface area contributed by atoms with Crippen LogP contribution in [-0.4, -0.2) is 17.7 Å². The van der Waals surface area contributed by atoms with E-state index in [4.69, 9.17) is 4.74 Å². The molecule has 1 aromatic carbocycles. The molecule has 0 atom stereocenters. The Kier molecular flexibility index (Phi) is 3.23. The highest BCUT2D eigenvalue weighted by molar-refractivity contribution is 6.24. The van der Waals surface area contributed by atoms with Gasteiger partial charge in [0.05, 0.1) is 24.5 Å². The first-order valence-electron chi connectivity index (χ1n) is 6.93. The van der Waals surface area contributed by atoms with Gasteiger partial charge in [-0.1, -0.05) is 30.3 Å². The van der Waals surface area contributed by atoms with Crippen molar-refractivity contribution in [2.24, 2.45) is 5.41 Å². The van der Waals surface area contributed by atoms with Crippen molar-refractivity contribution in [3.63, 3.8) is 0 Å². The van der Waals surface area contributed by atoms with E-state index in [0.717, 1.165) is 12.8 Å². The maximum Gasteiger partial charge on any atom is 0.153 e. The zero-order valence-corrected chi connectivity index (χ0v) is 10.9. The Bertz CT molecular complexity index is 468. The summed E-state index contributed by atoms with van der Waals surface area (Å²) in [5, 5.41) is 0. The topological polar surface area (TPSA) is 43.4 Å². The Morgan fingerprint density at radius 2 is 1.68 bits per heavy atom. The third kappa shape index (κ3) is 2.23. The molecule has 0 saturated heterocycles. The predicted molar refractivity (Wildman–Crippen MR) is 70.6 cm³/mol. The molecule has 3 nitrogen and oxygen atoms in total. The number of ether oxygens (including phenoxy) is 1. The predicted octanol–water partition coefficient (Wildman–Crippen LogP) is 2.67. The van der Waals surface area contributed by atoms with Crippen molar-refractivity contribution < 1.29 is 14.3 Å². The number of carbonyl (C=O) groups is 2. The lowest BCUT2D eigenvalue weighted by atomic mass is 9.58. The summed E-state index contributed by atoms with van der Waals surface area (Å²) in [6.45, 7) is 0.612. The lowest BCUT2D eigenvalue weighted by Gasteiger charge is -2.43. The third-order valence-corrected chi connectivity index (χ3v) is 4.50. The molecule has 1 spiro atoms. The number of carbonyl (C=O) groups excluding carboxylic acids is 2. The lowest BCUT2D eigenvalue weighted by molar-refractivity contribution is -0.158. The highest BCUT2D eigenvalue weighted by Crippen LogP contribution is 2.46. The van der Waals surface area contributed by atoms with Gasteiger partial charge >= 0.3 is 0 Å². The van der Waals surface area contributed by atoms with Crippen molar-refractivity contribution in [1.29, 1.82) is 0 Å². The van der Waals surface area contributed by atoms with Gasteiger partial charge in [-0.15, -0.1) is 0 Å². The van der Waals surface area contributed by atoms with E-state index < -0.39 is 5.41 Å². The zero-order valence-electron chi connectivity index (χ0n) is 10.9. The van der Waals surface area contributed by atoms with Gasteiger partial charge in [0, 0.05) is 0 Å². The van der Waals surface area contributed by atoms with Crippen LogP contribution in [0, 0.1) is 5.41 Å². The molecule has 2 fully saturated rings. The maximum atomic E-state index is 11.6. The van der Waals surface area contributed by atoms with Crippen molar-refractivity contribution in [2.45, 2.75) is 44.8 Å². The minimum atomic E-state index is -0.605. The van der Waals surface area contributed by atoms with Crippen LogP contribution in [0.5, 0.6) is 0 Å². The quantitative estimate of drug-likeness (QED) is 0.783. The van der Waals surface area contributed by atoms with E-state index in [1.165, 1.54) is 5.56 Å². The van der Waals surface area contributed by atoms with E-state index in [9.17, 15) is 9.59 Å². The van der Waals surface area contributed by atoms with Gasteiger partial charge in [-0.3, -0.25) is 9.59 Å². The van der Waals surface area contributed by atoms with Gasteiger partial charge in [-0.2, -0.15) is 0 Å². The van der Waals surface area contributed by atoms with Gasteiger partial charge in [-0.05, 0) is 31.2 Å². The molecule has 1 aromatic rings. The summed E-state index contributed by atoms with van der Waals surface area (Å²) in [4.78, 5) is 23.3. The molecule has 0 radical (unpaired) electrons. The third-order valence-electron chi connectivity index (χ3n) is 4.50. The molecule has 0 aromatic heterocycles. The van der Waals surface area contributed by atoms with Crippen LogP contribution in [0.15, 0.2) is 30.3 Å². The van der Waals surface area contributed by atoms with Gasteiger partial charge in [-0.25, -0.2) is 0 Å². The fourth-order valence-corrected chi connectivity index (χ4v) is 3.13. The fourth-order valence-electron chi connectivity index (χ4n) is 3.13. The van der Waals surface area contributed by atoms with E-state index in [1.807, 2.05) is 30.3 Å². The van der Waals surface area contributed by atoms with E-state index >= 15 is 0 Å². The number of Topliss-reactive ketones (excluding diaryl/α,β-unsaturated/α-hetero) is 2. The Hall–Kier alpha value is -1.48. The Morgan fingerprint density at radius 3 is 2.26 bits per heavy atom. The standard InChI is InChI=1S/C16H18O3/c17-14-10-15(18)16(14)8-6-13(7-9-16)19-11-12-4-2-1-3-5-12/h1-5,13H,6-11H2. The first-order valence-corrected chi connectivity index (χ1v) is 6.93. The van der Waals surface area contributed by atoms with Gasteiger partial charge in [0.15, 0.2) is 11.6 Å². The van der Waals surface area contributed by atoms with Crippen molar-refractivity contribution in [3.05, 3.63) is 35.9 Å². The zero-order chi connectivity index (χ0) is 13.3. The minimum absolute atomic E-state index is 0.152. The average molecular weight is 258 g/mol. The Balaban J connectivity index is 1.51. The average Bonchev–Trinajstić information content (AvgIpc) is 2.47. The summed E-state index contributed by atoms with van der Waals surface area (Å²) >= 11 is 0. The fraction of sp³-hybridized carbons (Fsp3) is 0.500. The number of ketones is 2. The van der Waals surface area contributed by atoms with Crippen LogP contribution in [0.3, 0.4) is 0 Å². The monoisotopic (exact) mass is 258 g/mol. The number of rotatable bonds is 3. The number of hydrogen-bond acceptors (Lipinski definition) is 3. The summed E-state index contributed by atoms with van der Waals surface area (Å²) in [5.74, 6) is 0.304. The highest BCUT2D eigenvalue weighted by atomic mass is 16.5. The number of benzene rings is 1. The molecule has 2 aliphatic carbocycles. The van der Waals surface area contributed by atoms with Crippen molar-refractivity contribution >= 4 is 11.6 Å². The van der Waals surface area contributed by atoms with Gasteiger partial charge < -0.3 is 4.74 Å². The molecule has 19 heavy (non-hydrogen) atoms. The van der Waals surface area contributed by atoms with Gasteiger partial charge in [0.25, 0.3) is 0 Å². The Morgan fingerprint density at radius 1 is 1.05 bits per heavy atom. The van der Waals surface area contributed by atoms with Crippen LogP contribution in [-0.2, 0) is 20.9 Å². The van der Waals surface area contributed by atoms with E-state index in [2.05, 4.69) is 0 Å². The molecule has 2 saturated carbocycles. The van der Waals surface area contributed by atoms with Crippen LogP contribution in [0.1, 0.15) is 37.7 Å². The Labute approximate surface area is 113 Å².